The third-order valence-corrected chi connectivity index (χ3v) is 4.63. The molecule has 1 N–H and O–H groups in total. The minimum Gasteiger partial charge on any atom is -0.334 e. The van der Waals surface area contributed by atoms with E-state index in [0.717, 1.165) is 17.7 Å². The maximum absolute atomic E-state index is 12.6. The van der Waals surface area contributed by atoms with Crippen molar-refractivity contribution in [2.45, 2.75) is 33.1 Å². The van der Waals surface area contributed by atoms with Gasteiger partial charge < -0.3 is 9.84 Å². The SMILES string of the molecule is CCc1cccc(NC(=O)c2cn(-c3ncccc3-c3nc(C(C)C)no3)cn2)c1. The summed E-state index contributed by atoms with van der Waals surface area (Å²) in [5.74, 6) is 1.41. The molecule has 4 rings (SSSR count). The van der Waals surface area contributed by atoms with Crippen molar-refractivity contribution in [3.63, 3.8) is 0 Å². The van der Waals surface area contributed by atoms with Crippen LogP contribution in [0.1, 0.15) is 48.6 Å². The summed E-state index contributed by atoms with van der Waals surface area (Å²) in [6.07, 6.45) is 5.73. The molecule has 3 heterocycles. The number of amides is 1. The number of carbonyl (C=O) groups is 1. The number of hydrogen-bond acceptors (Lipinski definition) is 6. The van der Waals surface area contributed by atoms with Crippen LogP contribution in [0.2, 0.25) is 0 Å². The van der Waals surface area contributed by atoms with Crippen molar-refractivity contribution in [2.75, 3.05) is 5.32 Å². The summed E-state index contributed by atoms with van der Waals surface area (Å²) in [4.78, 5) is 25.8. The second kappa shape index (κ2) is 8.28. The van der Waals surface area contributed by atoms with Gasteiger partial charge in [-0.1, -0.05) is 38.1 Å². The molecule has 0 aliphatic carbocycles. The van der Waals surface area contributed by atoms with Gasteiger partial charge in [0.05, 0.1) is 5.56 Å². The van der Waals surface area contributed by atoms with Crippen molar-refractivity contribution in [1.29, 1.82) is 0 Å². The normalized spacial score (nSPS) is 11.1. The molecule has 0 unspecified atom stereocenters. The predicted molar refractivity (Wildman–Crippen MR) is 113 cm³/mol. The van der Waals surface area contributed by atoms with Crippen molar-refractivity contribution >= 4 is 11.6 Å². The number of carbonyl (C=O) groups excluding carboxylic acids is 1. The number of aryl methyl sites for hydroxylation is 1. The maximum atomic E-state index is 12.6. The molecule has 0 aliphatic heterocycles. The van der Waals surface area contributed by atoms with Gasteiger partial charge in [-0.2, -0.15) is 4.98 Å². The first-order chi connectivity index (χ1) is 14.5. The molecule has 0 saturated carbocycles. The minimum absolute atomic E-state index is 0.150. The lowest BCUT2D eigenvalue weighted by molar-refractivity contribution is 0.102. The lowest BCUT2D eigenvalue weighted by atomic mass is 10.1. The molecule has 30 heavy (non-hydrogen) atoms. The fourth-order valence-electron chi connectivity index (χ4n) is 2.97. The first-order valence-electron chi connectivity index (χ1n) is 9.78. The number of imidazole rings is 1. The highest BCUT2D eigenvalue weighted by atomic mass is 16.5. The maximum Gasteiger partial charge on any atom is 0.275 e. The molecule has 8 heteroatoms. The number of anilines is 1. The Labute approximate surface area is 174 Å². The van der Waals surface area contributed by atoms with Crippen LogP contribution in [-0.4, -0.2) is 30.6 Å². The Balaban J connectivity index is 1.60. The first kappa shape index (κ1) is 19.5. The van der Waals surface area contributed by atoms with Crippen LogP contribution in [0.25, 0.3) is 17.3 Å². The van der Waals surface area contributed by atoms with Crippen LogP contribution in [0.3, 0.4) is 0 Å². The van der Waals surface area contributed by atoms with Gasteiger partial charge in [0.15, 0.2) is 11.6 Å². The first-order valence-corrected chi connectivity index (χ1v) is 9.78. The fourth-order valence-corrected chi connectivity index (χ4v) is 2.97. The lowest BCUT2D eigenvalue weighted by Gasteiger charge is -2.06. The molecule has 3 aromatic heterocycles. The zero-order valence-electron chi connectivity index (χ0n) is 17.0. The van der Waals surface area contributed by atoms with E-state index < -0.39 is 0 Å². The third kappa shape index (κ3) is 3.98. The molecule has 0 radical (unpaired) electrons. The van der Waals surface area contributed by atoms with Crippen molar-refractivity contribution in [2.24, 2.45) is 0 Å². The summed E-state index contributed by atoms with van der Waals surface area (Å²) >= 11 is 0. The Hall–Kier alpha value is -3.81. The van der Waals surface area contributed by atoms with Crippen LogP contribution < -0.4 is 5.32 Å². The highest BCUT2D eigenvalue weighted by molar-refractivity contribution is 6.02. The topological polar surface area (TPSA) is 98.7 Å². The Bertz CT molecular complexity index is 1180. The fraction of sp³-hybridized carbons (Fsp3) is 0.227. The van der Waals surface area contributed by atoms with Gasteiger partial charge in [0, 0.05) is 24.0 Å². The van der Waals surface area contributed by atoms with Gasteiger partial charge >= 0.3 is 0 Å². The van der Waals surface area contributed by atoms with Crippen LogP contribution in [0, 0.1) is 0 Å². The number of nitrogens with one attached hydrogen (secondary N) is 1. The predicted octanol–water partition coefficient (Wildman–Crippen LogP) is 4.26. The molecule has 8 nitrogen and oxygen atoms in total. The average molecular weight is 402 g/mol. The zero-order valence-corrected chi connectivity index (χ0v) is 17.0. The molecule has 0 spiro atoms. The standard InChI is InChI=1S/C22H22N6O2/c1-4-15-7-5-8-16(11-15)25-21(29)18-12-28(13-24-18)20-17(9-6-10-23-20)22-26-19(14(2)3)27-30-22/h5-14H,4H2,1-3H3,(H,25,29). The number of nitrogens with zero attached hydrogens (tertiary/aromatic N) is 5. The van der Waals surface area contributed by atoms with E-state index in [9.17, 15) is 4.79 Å². The number of benzene rings is 1. The van der Waals surface area contributed by atoms with Crippen molar-refractivity contribution in [3.8, 4) is 17.3 Å². The van der Waals surface area contributed by atoms with Gasteiger partial charge in [0.1, 0.15) is 12.0 Å². The lowest BCUT2D eigenvalue weighted by Crippen LogP contribution is -2.12. The Morgan fingerprint density at radius 3 is 2.83 bits per heavy atom. The molecule has 0 saturated heterocycles. The zero-order chi connectivity index (χ0) is 21.1. The number of rotatable bonds is 6. The minimum atomic E-state index is -0.292. The van der Waals surface area contributed by atoms with Crippen LogP contribution in [0.4, 0.5) is 5.69 Å². The second-order valence-electron chi connectivity index (χ2n) is 7.16. The summed E-state index contributed by atoms with van der Waals surface area (Å²) in [7, 11) is 0. The van der Waals surface area contributed by atoms with Gasteiger partial charge in [0.25, 0.3) is 11.8 Å². The number of hydrogen-bond donors (Lipinski definition) is 1. The van der Waals surface area contributed by atoms with E-state index in [1.165, 1.54) is 0 Å². The van der Waals surface area contributed by atoms with E-state index in [1.54, 1.807) is 29.4 Å². The second-order valence-corrected chi connectivity index (χ2v) is 7.16. The molecular weight excluding hydrogens is 380 g/mol. The molecule has 0 atom stereocenters. The third-order valence-electron chi connectivity index (χ3n) is 4.63. The summed E-state index contributed by atoms with van der Waals surface area (Å²) in [6, 6.07) is 11.4. The van der Waals surface area contributed by atoms with Gasteiger partial charge in [-0.3, -0.25) is 9.36 Å². The van der Waals surface area contributed by atoms with Crippen LogP contribution >= 0.6 is 0 Å². The van der Waals surface area contributed by atoms with Crippen LogP contribution in [0.5, 0.6) is 0 Å². The van der Waals surface area contributed by atoms with Gasteiger partial charge in [-0.25, -0.2) is 9.97 Å². The molecule has 152 valence electrons. The molecular formula is C22H22N6O2. The van der Waals surface area contributed by atoms with E-state index in [-0.39, 0.29) is 17.5 Å². The Kier molecular flexibility index (Phi) is 5.38. The molecule has 1 amide bonds. The van der Waals surface area contributed by atoms with E-state index in [2.05, 4.69) is 32.3 Å². The number of aromatic nitrogens is 5. The van der Waals surface area contributed by atoms with Crippen LogP contribution in [0.15, 0.2) is 59.6 Å². The number of pyridine rings is 1. The summed E-state index contributed by atoms with van der Waals surface area (Å²) in [5, 5.41) is 6.90. The Morgan fingerprint density at radius 1 is 1.20 bits per heavy atom. The highest BCUT2D eigenvalue weighted by Gasteiger charge is 2.18. The summed E-state index contributed by atoms with van der Waals surface area (Å²) in [5.41, 5.74) is 2.83. The van der Waals surface area contributed by atoms with E-state index in [1.807, 2.05) is 44.2 Å². The largest absolute Gasteiger partial charge is 0.334 e. The van der Waals surface area contributed by atoms with E-state index >= 15 is 0 Å². The molecule has 4 aromatic rings. The molecule has 0 fully saturated rings. The summed E-state index contributed by atoms with van der Waals surface area (Å²) < 4.78 is 7.09. The van der Waals surface area contributed by atoms with Crippen molar-refractivity contribution in [3.05, 3.63) is 72.2 Å². The van der Waals surface area contributed by atoms with Crippen molar-refractivity contribution < 1.29 is 9.32 Å². The van der Waals surface area contributed by atoms with Gasteiger partial charge in [-0.15, -0.1) is 0 Å². The smallest absolute Gasteiger partial charge is 0.275 e. The monoisotopic (exact) mass is 402 g/mol. The van der Waals surface area contributed by atoms with Gasteiger partial charge in [0.2, 0.25) is 0 Å². The van der Waals surface area contributed by atoms with Gasteiger partial charge in [-0.05, 0) is 36.2 Å². The molecule has 1 aromatic carbocycles. The average Bonchev–Trinajstić information content (AvgIpc) is 3.44. The van der Waals surface area contributed by atoms with Crippen LogP contribution in [-0.2, 0) is 6.42 Å². The quantitative estimate of drug-likeness (QED) is 0.517. The summed E-state index contributed by atoms with van der Waals surface area (Å²) in [6.45, 7) is 6.06. The molecule has 0 aliphatic rings. The highest BCUT2D eigenvalue weighted by Crippen LogP contribution is 2.25. The Morgan fingerprint density at radius 2 is 2.07 bits per heavy atom. The van der Waals surface area contributed by atoms with E-state index in [4.69, 9.17) is 4.52 Å². The molecule has 0 bridgehead atoms. The van der Waals surface area contributed by atoms with Crippen molar-refractivity contribution in [1.82, 2.24) is 24.7 Å². The van der Waals surface area contributed by atoms with E-state index in [0.29, 0.717) is 23.1 Å².